The molecule has 1 aliphatic rings. The molecule has 2 atom stereocenters. The standard InChI is InChI=1S/C19H26N4O/c1-13-15(3)22(11-10-20-13)19(24)12-18-14(2)21-23(16(18)4)17-8-6-5-7-9-17/h5-9,13,15,20H,10-12H2,1-4H3. The minimum absolute atomic E-state index is 0.190. The second kappa shape index (κ2) is 6.77. The van der Waals surface area contributed by atoms with Crippen LogP contribution in [0.25, 0.3) is 5.69 Å². The van der Waals surface area contributed by atoms with Gasteiger partial charge in [-0.3, -0.25) is 4.79 Å². The van der Waals surface area contributed by atoms with Crippen molar-refractivity contribution in [1.82, 2.24) is 20.0 Å². The highest BCUT2D eigenvalue weighted by Crippen LogP contribution is 2.20. The summed E-state index contributed by atoms with van der Waals surface area (Å²) in [5, 5.41) is 8.06. The van der Waals surface area contributed by atoms with E-state index in [0.717, 1.165) is 35.7 Å². The lowest BCUT2D eigenvalue weighted by atomic mass is 10.0. The number of carbonyl (C=O) groups excluding carboxylic acids is 1. The molecule has 0 spiro atoms. The molecule has 3 rings (SSSR count). The Morgan fingerprint density at radius 1 is 1.25 bits per heavy atom. The summed E-state index contributed by atoms with van der Waals surface area (Å²) in [4.78, 5) is 14.8. The van der Waals surface area contributed by atoms with Crippen molar-refractivity contribution in [2.75, 3.05) is 13.1 Å². The summed E-state index contributed by atoms with van der Waals surface area (Å²) in [5.41, 5.74) is 4.05. The van der Waals surface area contributed by atoms with Crippen molar-refractivity contribution in [3.05, 3.63) is 47.3 Å². The maximum Gasteiger partial charge on any atom is 0.227 e. The maximum atomic E-state index is 12.8. The molecule has 2 aromatic rings. The topological polar surface area (TPSA) is 50.2 Å². The van der Waals surface area contributed by atoms with Gasteiger partial charge < -0.3 is 10.2 Å². The molecule has 0 saturated carbocycles. The minimum Gasteiger partial charge on any atom is -0.337 e. The van der Waals surface area contributed by atoms with Crippen molar-refractivity contribution in [3.63, 3.8) is 0 Å². The monoisotopic (exact) mass is 326 g/mol. The van der Waals surface area contributed by atoms with Gasteiger partial charge in [-0.1, -0.05) is 18.2 Å². The van der Waals surface area contributed by atoms with Crippen LogP contribution in [0.15, 0.2) is 30.3 Å². The normalized spacial score (nSPS) is 21.1. The first kappa shape index (κ1) is 16.7. The molecule has 1 aliphatic heterocycles. The number of piperazine rings is 1. The van der Waals surface area contributed by atoms with Crippen LogP contribution in [-0.2, 0) is 11.2 Å². The molecular formula is C19H26N4O. The Balaban J connectivity index is 1.83. The van der Waals surface area contributed by atoms with Crippen molar-refractivity contribution < 1.29 is 4.79 Å². The Bertz CT molecular complexity index is 722. The molecule has 0 aliphatic carbocycles. The van der Waals surface area contributed by atoms with Crippen molar-refractivity contribution in [1.29, 1.82) is 0 Å². The van der Waals surface area contributed by atoms with E-state index in [1.165, 1.54) is 0 Å². The van der Waals surface area contributed by atoms with Gasteiger partial charge >= 0.3 is 0 Å². The SMILES string of the molecule is Cc1nn(-c2ccccc2)c(C)c1CC(=O)N1CCNC(C)C1C. The fourth-order valence-electron chi connectivity index (χ4n) is 3.41. The summed E-state index contributed by atoms with van der Waals surface area (Å²) in [7, 11) is 0. The molecule has 1 N–H and O–H groups in total. The molecule has 1 aromatic carbocycles. The number of carbonyl (C=O) groups is 1. The van der Waals surface area contributed by atoms with E-state index in [0.29, 0.717) is 12.5 Å². The predicted octanol–water partition coefficient (Wildman–Crippen LogP) is 2.24. The van der Waals surface area contributed by atoms with Crippen LogP contribution in [-0.4, -0.2) is 45.8 Å². The second-order valence-electron chi connectivity index (χ2n) is 6.64. The number of rotatable bonds is 3. The highest BCUT2D eigenvalue weighted by Gasteiger charge is 2.29. The molecule has 1 fully saturated rings. The largest absolute Gasteiger partial charge is 0.337 e. The van der Waals surface area contributed by atoms with E-state index in [2.05, 4.69) is 24.3 Å². The van der Waals surface area contributed by atoms with Gasteiger partial charge in [0.25, 0.3) is 0 Å². The van der Waals surface area contributed by atoms with Crippen LogP contribution in [0.3, 0.4) is 0 Å². The van der Waals surface area contributed by atoms with Crippen LogP contribution < -0.4 is 5.32 Å². The van der Waals surface area contributed by atoms with Gasteiger partial charge in [-0.2, -0.15) is 5.10 Å². The summed E-state index contributed by atoms with van der Waals surface area (Å²) in [6.45, 7) is 9.90. The van der Waals surface area contributed by atoms with Crippen molar-refractivity contribution >= 4 is 5.91 Å². The molecule has 5 nitrogen and oxygen atoms in total. The smallest absolute Gasteiger partial charge is 0.227 e. The third kappa shape index (κ3) is 3.08. The number of aryl methyl sites for hydroxylation is 1. The van der Waals surface area contributed by atoms with Gasteiger partial charge in [0.15, 0.2) is 0 Å². The Kier molecular flexibility index (Phi) is 4.71. The zero-order valence-electron chi connectivity index (χ0n) is 14.9. The predicted molar refractivity (Wildman–Crippen MR) is 95.4 cm³/mol. The van der Waals surface area contributed by atoms with Crippen LogP contribution in [0, 0.1) is 13.8 Å². The van der Waals surface area contributed by atoms with E-state index in [-0.39, 0.29) is 11.9 Å². The molecule has 1 amide bonds. The Morgan fingerprint density at radius 2 is 1.96 bits per heavy atom. The molecule has 1 aromatic heterocycles. The lowest BCUT2D eigenvalue weighted by Crippen LogP contribution is -2.57. The molecular weight excluding hydrogens is 300 g/mol. The number of benzene rings is 1. The van der Waals surface area contributed by atoms with Gasteiger partial charge in [-0.15, -0.1) is 0 Å². The second-order valence-corrected chi connectivity index (χ2v) is 6.64. The van der Waals surface area contributed by atoms with Crippen molar-refractivity contribution in [3.8, 4) is 5.69 Å². The first-order chi connectivity index (χ1) is 11.5. The third-order valence-electron chi connectivity index (χ3n) is 5.12. The van der Waals surface area contributed by atoms with E-state index in [1.807, 2.05) is 53.8 Å². The average molecular weight is 326 g/mol. The van der Waals surface area contributed by atoms with Gasteiger partial charge in [-0.25, -0.2) is 4.68 Å². The first-order valence-corrected chi connectivity index (χ1v) is 8.62. The fourth-order valence-corrected chi connectivity index (χ4v) is 3.41. The number of aromatic nitrogens is 2. The van der Waals surface area contributed by atoms with Crippen molar-refractivity contribution in [2.45, 2.75) is 46.2 Å². The molecule has 2 heterocycles. The summed E-state index contributed by atoms with van der Waals surface area (Å²) in [5.74, 6) is 0.190. The molecule has 128 valence electrons. The van der Waals surface area contributed by atoms with E-state index in [4.69, 9.17) is 0 Å². The van der Waals surface area contributed by atoms with Crippen LogP contribution >= 0.6 is 0 Å². The van der Waals surface area contributed by atoms with Gasteiger partial charge in [-0.05, 0) is 39.8 Å². The number of nitrogens with one attached hydrogen (secondary N) is 1. The zero-order chi connectivity index (χ0) is 17.3. The van der Waals surface area contributed by atoms with Gasteiger partial charge in [0.2, 0.25) is 5.91 Å². The molecule has 5 heteroatoms. The Labute approximate surface area is 143 Å². The highest BCUT2D eigenvalue weighted by atomic mass is 16.2. The van der Waals surface area contributed by atoms with Crippen molar-refractivity contribution in [2.24, 2.45) is 0 Å². The van der Waals surface area contributed by atoms with Gasteiger partial charge in [0.05, 0.1) is 17.8 Å². The van der Waals surface area contributed by atoms with E-state index < -0.39 is 0 Å². The van der Waals surface area contributed by atoms with E-state index in [9.17, 15) is 4.79 Å². The Morgan fingerprint density at radius 3 is 2.67 bits per heavy atom. The third-order valence-corrected chi connectivity index (χ3v) is 5.12. The van der Waals surface area contributed by atoms with Crippen LogP contribution in [0.1, 0.15) is 30.8 Å². The molecule has 2 unspecified atom stereocenters. The van der Waals surface area contributed by atoms with Gasteiger partial charge in [0, 0.05) is 36.4 Å². The number of hydrogen-bond donors (Lipinski definition) is 1. The quantitative estimate of drug-likeness (QED) is 0.941. The molecule has 0 bridgehead atoms. The average Bonchev–Trinajstić information content (AvgIpc) is 2.86. The summed E-state index contributed by atoms with van der Waals surface area (Å²) in [6.07, 6.45) is 0.418. The van der Waals surface area contributed by atoms with Crippen LogP contribution in [0.4, 0.5) is 0 Å². The number of hydrogen-bond acceptors (Lipinski definition) is 3. The minimum atomic E-state index is 0.190. The number of amides is 1. The Hall–Kier alpha value is -2.14. The summed E-state index contributed by atoms with van der Waals surface area (Å²) in [6, 6.07) is 10.6. The fraction of sp³-hybridized carbons (Fsp3) is 0.474. The van der Waals surface area contributed by atoms with E-state index in [1.54, 1.807) is 0 Å². The van der Waals surface area contributed by atoms with Crippen LogP contribution in [0.2, 0.25) is 0 Å². The summed E-state index contributed by atoms with van der Waals surface area (Å²) >= 11 is 0. The number of para-hydroxylation sites is 1. The zero-order valence-corrected chi connectivity index (χ0v) is 14.9. The highest BCUT2D eigenvalue weighted by molar-refractivity contribution is 5.80. The van der Waals surface area contributed by atoms with E-state index >= 15 is 0 Å². The lowest BCUT2D eigenvalue weighted by Gasteiger charge is -2.38. The first-order valence-electron chi connectivity index (χ1n) is 8.62. The number of nitrogens with zero attached hydrogens (tertiary/aromatic N) is 3. The molecule has 0 radical (unpaired) electrons. The molecule has 24 heavy (non-hydrogen) atoms. The molecule has 1 saturated heterocycles. The van der Waals surface area contributed by atoms with Crippen LogP contribution in [0.5, 0.6) is 0 Å². The summed E-state index contributed by atoms with van der Waals surface area (Å²) < 4.78 is 1.93. The lowest BCUT2D eigenvalue weighted by molar-refractivity contribution is -0.134. The maximum absolute atomic E-state index is 12.8. The van der Waals surface area contributed by atoms with Gasteiger partial charge in [0.1, 0.15) is 0 Å².